The first-order valence-corrected chi connectivity index (χ1v) is 10.7. The fourth-order valence-electron chi connectivity index (χ4n) is 4.10. The summed E-state index contributed by atoms with van der Waals surface area (Å²) in [5.41, 5.74) is -3.14. The molecule has 1 aliphatic heterocycles. The van der Waals surface area contributed by atoms with Crippen molar-refractivity contribution in [3.63, 3.8) is 0 Å². The van der Waals surface area contributed by atoms with E-state index in [9.17, 15) is 18.4 Å². The van der Waals surface area contributed by atoms with Crippen LogP contribution >= 0.6 is 0 Å². The zero-order valence-corrected chi connectivity index (χ0v) is 17.4. The van der Waals surface area contributed by atoms with Gasteiger partial charge in [-0.3, -0.25) is 0 Å². The minimum atomic E-state index is -6.09. The number of likely N-dealkylation sites (tertiary alicyclic amines) is 1. The number of hydrogen-bond acceptors (Lipinski definition) is 4. The molecule has 0 saturated carbocycles. The van der Waals surface area contributed by atoms with Gasteiger partial charge >= 0.3 is 5.51 Å². The molecule has 1 saturated heterocycles. The van der Waals surface area contributed by atoms with Gasteiger partial charge in [0.15, 0.2) is 15.5 Å². The molecule has 1 fully saturated rings. The van der Waals surface area contributed by atoms with E-state index in [2.05, 4.69) is 80.6 Å². The van der Waals surface area contributed by atoms with Gasteiger partial charge in [0.25, 0.3) is 0 Å². The van der Waals surface area contributed by atoms with Crippen LogP contribution in [0.3, 0.4) is 0 Å². The summed E-state index contributed by atoms with van der Waals surface area (Å²) in [6.07, 6.45) is 0. The van der Waals surface area contributed by atoms with Crippen molar-refractivity contribution in [2.24, 2.45) is 5.41 Å². The Bertz CT molecular complexity index is 942. The summed E-state index contributed by atoms with van der Waals surface area (Å²) < 4.78 is 59.9. The number of nitrogens with zero attached hydrogens (tertiary/aromatic N) is 2. The number of hydrogen-bond donors (Lipinski definition) is 0. The lowest BCUT2D eigenvalue weighted by atomic mass is 9.76. The van der Waals surface area contributed by atoms with Crippen LogP contribution < -0.4 is 0 Å². The zero-order valence-electron chi connectivity index (χ0n) is 16.6. The molecule has 0 amide bonds. The number of nitriles is 1. The summed E-state index contributed by atoms with van der Waals surface area (Å²) >= 11 is 0. The maximum atomic E-state index is 10.7. The Kier molecular flexibility index (Phi) is 6.97. The monoisotopic (exact) mass is 440 g/mol. The Morgan fingerprint density at radius 3 is 1.70 bits per heavy atom. The third kappa shape index (κ3) is 5.19. The standard InChI is InChI=1S/C20H23N2.CHF3O3S/c1-3-22(15-20(2,14-21)16-22)19(17-10-6-4-7-11-17)18-12-8-5-9-13-18;2-1(3,4)8(5,6)7/h4-13,19H,3,15-16H2,1-2H3;(H,5,6,7)/q+1;/p-1. The molecule has 30 heavy (non-hydrogen) atoms. The Morgan fingerprint density at radius 1 is 1.07 bits per heavy atom. The molecule has 0 N–H and O–H groups in total. The van der Waals surface area contributed by atoms with Crippen LogP contribution in [0.5, 0.6) is 0 Å². The summed E-state index contributed by atoms with van der Waals surface area (Å²) in [7, 11) is -6.09. The van der Waals surface area contributed by atoms with Crippen LogP contribution in [0.4, 0.5) is 13.2 Å². The molecule has 0 unspecified atom stereocenters. The van der Waals surface area contributed by atoms with Crippen molar-refractivity contribution in [1.29, 1.82) is 5.26 Å². The van der Waals surface area contributed by atoms with E-state index in [1.807, 2.05) is 0 Å². The van der Waals surface area contributed by atoms with E-state index in [1.54, 1.807) is 0 Å². The quantitative estimate of drug-likeness (QED) is 0.405. The molecular formula is C21H23F3N2O3S. The normalized spacial score (nSPS) is 23.7. The minimum absolute atomic E-state index is 0.183. The van der Waals surface area contributed by atoms with Crippen molar-refractivity contribution in [3.8, 4) is 6.07 Å². The maximum Gasteiger partial charge on any atom is 0.485 e. The Labute approximate surface area is 174 Å². The van der Waals surface area contributed by atoms with Gasteiger partial charge in [-0.15, -0.1) is 0 Å². The van der Waals surface area contributed by atoms with Crippen molar-refractivity contribution < 1.29 is 30.6 Å². The van der Waals surface area contributed by atoms with Gasteiger partial charge in [-0.25, -0.2) is 8.42 Å². The molecule has 0 bridgehead atoms. The van der Waals surface area contributed by atoms with Crippen molar-refractivity contribution in [1.82, 2.24) is 0 Å². The lowest BCUT2D eigenvalue weighted by Crippen LogP contribution is -2.69. The van der Waals surface area contributed by atoms with E-state index in [4.69, 9.17) is 13.0 Å². The first-order chi connectivity index (χ1) is 13.9. The van der Waals surface area contributed by atoms with Crippen LogP contribution in [0.1, 0.15) is 31.0 Å². The molecule has 3 rings (SSSR count). The summed E-state index contributed by atoms with van der Waals surface area (Å²) in [4.78, 5) is 0. The van der Waals surface area contributed by atoms with Crippen molar-refractivity contribution in [3.05, 3.63) is 71.8 Å². The van der Waals surface area contributed by atoms with Gasteiger partial charge in [0, 0.05) is 11.1 Å². The van der Waals surface area contributed by atoms with Gasteiger partial charge in [0.2, 0.25) is 0 Å². The summed E-state index contributed by atoms with van der Waals surface area (Å²) in [5, 5.41) is 9.44. The zero-order chi connectivity index (χ0) is 22.6. The molecule has 9 heteroatoms. The van der Waals surface area contributed by atoms with Crippen LogP contribution in [0.15, 0.2) is 60.7 Å². The number of rotatable bonds is 4. The lowest BCUT2D eigenvalue weighted by Gasteiger charge is -2.57. The maximum absolute atomic E-state index is 10.7. The highest BCUT2D eigenvalue weighted by Crippen LogP contribution is 2.46. The minimum Gasteiger partial charge on any atom is -0.741 e. The molecule has 2 aromatic carbocycles. The number of halogens is 3. The molecule has 0 atom stereocenters. The average Bonchev–Trinajstić information content (AvgIpc) is 2.67. The average molecular weight is 440 g/mol. The first kappa shape index (κ1) is 23.9. The molecule has 1 aliphatic rings. The van der Waals surface area contributed by atoms with Gasteiger partial charge < -0.3 is 9.04 Å². The van der Waals surface area contributed by atoms with Crippen molar-refractivity contribution >= 4 is 10.1 Å². The molecule has 5 nitrogen and oxygen atoms in total. The number of quaternary nitrogens is 1. The molecular weight excluding hydrogens is 417 g/mol. The van der Waals surface area contributed by atoms with Crippen LogP contribution in [0.25, 0.3) is 0 Å². The molecule has 2 aromatic rings. The fraction of sp³-hybridized carbons (Fsp3) is 0.381. The van der Waals surface area contributed by atoms with Crippen LogP contribution in [0, 0.1) is 16.7 Å². The van der Waals surface area contributed by atoms with E-state index >= 15 is 0 Å². The van der Waals surface area contributed by atoms with Gasteiger partial charge in [-0.1, -0.05) is 60.7 Å². The smallest absolute Gasteiger partial charge is 0.485 e. The van der Waals surface area contributed by atoms with E-state index in [0.29, 0.717) is 6.04 Å². The van der Waals surface area contributed by atoms with Gasteiger partial charge in [-0.2, -0.15) is 18.4 Å². The van der Waals surface area contributed by atoms with Gasteiger partial charge in [-0.05, 0) is 13.8 Å². The second-order valence-corrected chi connectivity index (χ2v) is 9.02. The fourth-order valence-corrected chi connectivity index (χ4v) is 4.10. The topological polar surface area (TPSA) is 81.0 Å². The summed E-state index contributed by atoms with van der Waals surface area (Å²) in [6.45, 7) is 7.23. The second kappa shape index (κ2) is 8.76. The summed E-state index contributed by atoms with van der Waals surface area (Å²) in [6, 6.07) is 24.3. The SMILES string of the molecule is CC[N+]1(C(c2ccccc2)c2ccccc2)CC(C)(C#N)C1.O=S(=O)([O-])C(F)(F)F. The molecule has 0 spiro atoms. The van der Waals surface area contributed by atoms with Crippen LogP contribution in [-0.2, 0) is 10.1 Å². The summed E-state index contributed by atoms with van der Waals surface area (Å²) in [5.74, 6) is 0. The molecule has 0 aromatic heterocycles. The van der Waals surface area contributed by atoms with E-state index in [0.717, 1.165) is 24.1 Å². The highest BCUT2D eigenvalue weighted by atomic mass is 32.2. The first-order valence-electron chi connectivity index (χ1n) is 9.26. The Morgan fingerprint density at radius 2 is 1.43 bits per heavy atom. The van der Waals surface area contributed by atoms with E-state index < -0.39 is 15.6 Å². The lowest BCUT2D eigenvalue weighted by molar-refractivity contribution is -1.000. The number of alkyl halides is 3. The van der Waals surface area contributed by atoms with E-state index in [-0.39, 0.29) is 5.41 Å². The third-order valence-electron chi connectivity index (χ3n) is 5.29. The third-order valence-corrected chi connectivity index (χ3v) is 5.86. The van der Waals surface area contributed by atoms with Gasteiger partial charge in [0.1, 0.15) is 19.1 Å². The molecule has 0 radical (unpaired) electrons. The molecule has 0 aliphatic carbocycles. The largest absolute Gasteiger partial charge is 0.741 e. The molecule has 1 heterocycles. The number of benzene rings is 2. The highest BCUT2D eigenvalue weighted by molar-refractivity contribution is 7.86. The second-order valence-electron chi connectivity index (χ2n) is 7.65. The predicted molar refractivity (Wildman–Crippen MR) is 105 cm³/mol. The van der Waals surface area contributed by atoms with Gasteiger partial charge in [0.05, 0.1) is 12.6 Å². The van der Waals surface area contributed by atoms with Crippen molar-refractivity contribution in [2.45, 2.75) is 25.4 Å². The Hall–Kier alpha value is -2.41. The predicted octanol–water partition coefficient (Wildman–Crippen LogP) is 4.21. The van der Waals surface area contributed by atoms with Crippen LogP contribution in [-0.4, -0.2) is 42.6 Å². The van der Waals surface area contributed by atoms with E-state index in [1.165, 1.54) is 11.1 Å². The molecule has 162 valence electrons. The van der Waals surface area contributed by atoms with Crippen LogP contribution in [0.2, 0.25) is 0 Å². The highest BCUT2D eigenvalue weighted by Gasteiger charge is 2.56. The van der Waals surface area contributed by atoms with Crippen molar-refractivity contribution in [2.75, 3.05) is 19.6 Å². The Balaban J connectivity index is 0.000000343.